The SMILES string of the molecule is CCCN(CC)CCN1CCCC(NC2CC2)C1=O. The summed E-state index contributed by atoms with van der Waals surface area (Å²) in [5, 5.41) is 3.49. The molecule has 2 aliphatic rings. The number of likely N-dealkylation sites (N-methyl/N-ethyl adjacent to an activating group) is 1. The largest absolute Gasteiger partial charge is 0.340 e. The Morgan fingerprint density at radius 1 is 1.26 bits per heavy atom. The summed E-state index contributed by atoms with van der Waals surface area (Å²) in [5.41, 5.74) is 0. The van der Waals surface area contributed by atoms with Gasteiger partial charge < -0.3 is 15.1 Å². The van der Waals surface area contributed by atoms with Crippen molar-refractivity contribution in [3.63, 3.8) is 0 Å². The molecule has 1 amide bonds. The van der Waals surface area contributed by atoms with E-state index in [9.17, 15) is 4.79 Å². The predicted molar refractivity (Wildman–Crippen MR) is 78.2 cm³/mol. The van der Waals surface area contributed by atoms with Gasteiger partial charge >= 0.3 is 0 Å². The molecule has 1 N–H and O–H groups in total. The minimum Gasteiger partial charge on any atom is -0.340 e. The smallest absolute Gasteiger partial charge is 0.239 e. The molecule has 1 saturated heterocycles. The van der Waals surface area contributed by atoms with Crippen molar-refractivity contribution < 1.29 is 4.79 Å². The first-order valence-corrected chi connectivity index (χ1v) is 8.01. The Balaban J connectivity index is 1.76. The molecule has 4 nitrogen and oxygen atoms in total. The summed E-state index contributed by atoms with van der Waals surface area (Å²) < 4.78 is 0. The van der Waals surface area contributed by atoms with Gasteiger partial charge in [0.2, 0.25) is 5.91 Å². The number of hydrogen-bond acceptors (Lipinski definition) is 3. The first-order chi connectivity index (χ1) is 9.24. The minimum absolute atomic E-state index is 0.0995. The highest BCUT2D eigenvalue weighted by Gasteiger charge is 2.33. The fraction of sp³-hybridized carbons (Fsp3) is 0.933. The number of nitrogens with one attached hydrogen (secondary N) is 1. The summed E-state index contributed by atoms with van der Waals surface area (Å²) in [6, 6.07) is 0.726. The maximum Gasteiger partial charge on any atom is 0.239 e. The number of rotatable bonds is 8. The lowest BCUT2D eigenvalue weighted by atomic mass is 10.0. The van der Waals surface area contributed by atoms with E-state index in [1.807, 2.05) is 0 Å². The number of nitrogens with zero attached hydrogens (tertiary/aromatic N) is 2. The number of piperidine rings is 1. The monoisotopic (exact) mass is 267 g/mol. The van der Waals surface area contributed by atoms with Crippen molar-refractivity contribution in [2.45, 2.75) is 58.0 Å². The predicted octanol–water partition coefficient (Wildman–Crippen LogP) is 1.46. The van der Waals surface area contributed by atoms with Gasteiger partial charge in [-0.15, -0.1) is 0 Å². The Morgan fingerprint density at radius 3 is 2.68 bits per heavy atom. The van der Waals surface area contributed by atoms with Crippen molar-refractivity contribution in [3.8, 4) is 0 Å². The van der Waals surface area contributed by atoms with Gasteiger partial charge in [0.1, 0.15) is 0 Å². The summed E-state index contributed by atoms with van der Waals surface area (Å²) in [4.78, 5) is 16.9. The van der Waals surface area contributed by atoms with Gasteiger partial charge in [-0.2, -0.15) is 0 Å². The number of carbonyl (C=O) groups is 1. The normalized spacial score (nSPS) is 24.3. The summed E-state index contributed by atoms with van der Waals surface area (Å²) in [6.45, 7) is 9.50. The average Bonchev–Trinajstić information content (AvgIpc) is 3.22. The standard InChI is InChI=1S/C15H29N3O/c1-3-9-17(4-2)11-12-18-10-5-6-14(15(18)19)16-13-7-8-13/h13-14,16H,3-12H2,1-2H3. The molecular formula is C15H29N3O. The number of hydrogen-bond donors (Lipinski definition) is 1. The summed E-state index contributed by atoms with van der Waals surface area (Å²) in [7, 11) is 0. The number of amides is 1. The van der Waals surface area contributed by atoms with E-state index in [2.05, 4.69) is 29.0 Å². The van der Waals surface area contributed by atoms with Crippen molar-refractivity contribution in [2.24, 2.45) is 0 Å². The summed E-state index contributed by atoms with van der Waals surface area (Å²) in [5.74, 6) is 0.339. The Hall–Kier alpha value is -0.610. The van der Waals surface area contributed by atoms with Gasteiger partial charge in [-0.05, 0) is 45.2 Å². The molecule has 1 aliphatic heterocycles. The minimum atomic E-state index is 0.0995. The topological polar surface area (TPSA) is 35.6 Å². The van der Waals surface area contributed by atoms with Gasteiger partial charge in [-0.3, -0.25) is 4.79 Å². The van der Waals surface area contributed by atoms with E-state index in [0.717, 1.165) is 45.6 Å². The Morgan fingerprint density at radius 2 is 2.05 bits per heavy atom. The quantitative estimate of drug-likeness (QED) is 0.723. The van der Waals surface area contributed by atoms with Crippen LogP contribution in [-0.4, -0.2) is 60.5 Å². The second-order valence-electron chi connectivity index (χ2n) is 5.90. The van der Waals surface area contributed by atoms with Gasteiger partial charge in [0, 0.05) is 25.7 Å². The van der Waals surface area contributed by atoms with Crippen LogP contribution in [0.5, 0.6) is 0 Å². The van der Waals surface area contributed by atoms with Gasteiger partial charge in [0.25, 0.3) is 0 Å². The first kappa shape index (κ1) is 14.8. The van der Waals surface area contributed by atoms with Crippen LogP contribution in [0.15, 0.2) is 0 Å². The maximum absolute atomic E-state index is 12.4. The second-order valence-corrected chi connectivity index (χ2v) is 5.90. The molecule has 1 heterocycles. The van der Waals surface area contributed by atoms with Crippen molar-refractivity contribution in [1.82, 2.24) is 15.1 Å². The molecule has 0 aromatic rings. The third kappa shape index (κ3) is 4.46. The molecule has 1 aliphatic carbocycles. The molecule has 2 fully saturated rings. The Labute approximate surface area is 117 Å². The molecular weight excluding hydrogens is 238 g/mol. The molecule has 2 rings (SSSR count). The average molecular weight is 267 g/mol. The van der Waals surface area contributed by atoms with Crippen molar-refractivity contribution in [1.29, 1.82) is 0 Å². The van der Waals surface area contributed by atoms with Crippen LogP contribution in [0.1, 0.15) is 46.0 Å². The molecule has 0 aromatic carbocycles. The van der Waals surface area contributed by atoms with Crippen LogP contribution in [0.2, 0.25) is 0 Å². The lowest BCUT2D eigenvalue weighted by Crippen LogP contribution is -2.52. The van der Waals surface area contributed by atoms with Crippen molar-refractivity contribution in [3.05, 3.63) is 0 Å². The van der Waals surface area contributed by atoms with Crippen LogP contribution < -0.4 is 5.32 Å². The van der Waals surface area contributed by atoms with Crippen LogP contribution in [0.4, 0.5) is 0 Å². The van der Waals surface area contributed by atoms with Gasteiger partial charge in [-0.25, -0.2) is 0 Å². The highest BCUT2D eigenvalue weighted by molar-refractivity contribution is 5.82. The van der Waals surface area contributed by atoms with Crippen LogP contribution in [0.3, 0.4) is 0 Å². The molecule has 1 saturated carbocycles. The molecule has 0 radical (unpaired) electrons. The fourth-order valence-electron chi connectivity index (χ4n) is 2.86. The zero-order valence-electron chi connectivity index (χ0n) is 12.5. The third-order valence-corrected chi connectivity index (χ3v) is 4.22. The number of carbonyl (C=O) groups excluding carboxylic acids is 1. The van der Waals surface area contributed by atoms with Gasteiger partial charge in [0.05, 0.1) is 6.04 Å². The fourth-order valence-corrected chi connectivity index (χ4v) is 2.86. The summed E-state index contributed by atoms with van der Waals surface area (Å²) >= 11 is 0. The van der Waals surface area contributed by atoms with Gasteiger partial charge in [0.15, 0.2) is 0 Å². The van der Waals surface area contributed by atoms with E-state index in [0.29, 0.717) is 11.9 Å². The van der Waals surface area contributed by atoms with E-state index in [1.54, 1.807) is 0 Å². The van der Waals surface area contributed by atoms with E-state index < -0.39 is 0 Å². The van der Waals surface area contributed by atoms with Crippen LogP contribution in [0.25, 0.3) is 0 Å². The second kappa shape index (κ2) is 7.25. The Kier molecular flexibility index (Phi) is 5.64. The highest BCUT2D eigenvalue weighted by atomic mass is 16.2. The zero-order valence-corrected chi connectivity index (χ0v) is 12.5. The van der Waals surface area contributed by atoms with Crippen molar-refractivity contribution >= 4 is 5.91 Å². The molecule has 110 valence electrons. The molecule has 19 heavy (non-hydrogen) atoms. The van der Waals surface area contributed by atoms with Crippen LogP contribution in [0, 0.1) is 0 Å². The zero-order chi connectivity index (χ0) is 13.7. The van der Waals surface area contributed by atoms with E-state index >= 15 is 0 Å². The third-order valence-electron chi connectivity index (χ3n) is 4.22. The number of likely N-dealkylation sites (tertiary alicyclic amines) is 1. The van der Waals surface area contributed by atoms with Crippen LogP contribution >= 0.6 is 0 Å². The van der Waals surface area contributed by atoms with Crippen molar-refractivity contribution in [2.75, 3.05) is 32.7 Å². The summed E-state index contributed by atoms with van der Waals surface area (Å²) in [6.07, 6.45) is 5.87. The highest BCUT2D eigenvalue weighted by Crippen LogP contribution is 2.22. The lowest BCUT2D eigenvalue weighted by Gasteiger charge is -2.34. The maximum atomic E-state index is 12.4. The Bertz CT molecular complexity index is 291. The molecule has 0 spiro atoms. The molecule has 0 aromatic heterocycles. The molecule has 4 heteroatoms. The van der Waals surface area contributed by atoms with E-state index in [-0.39, 0.29) is 6.04 Å². The van der Waals surface area contributed by atoms with Gasteiger partial charge in [-0.1, -0.05) is 13.8 Å². The van der Waals surface area contributed by atoms with E-state index in [1.165, 1.54) is 19.3 Å². The first-order valence-electron chi connectivity index (χ1n) is 8.01. The lowest BCUT2D eigenvalue weighted by molar-refractivity contribution is -0.136. The molecule has 1 atom stereocenters. The van der Waals surface area contributed by atoms with E-state index in [4.69, 9.17) is 0 Å². The molecule has 0 bridgehead atoms. The molecule has 1 unspecified atom stereocenters. The van der Waals surface area contributed by atoms with Crippen LogP contribution in [-0.2, 0) is 4.79 Å².